The van der Waals surface area contributed by atoms with Gasteiger partial charge >= 0.3 is 0 Å². The van der Waals surface area contributed by atoms with Gasteiger partial charge in [-0.15, -0.1) is 0 Å². The monoisotopic (exact) mass is 324 g/mol. The molecule has 106 valence electrons. The van der Waals surface area contributed by atoms with Gasteiger partial charge in [0.2, 0.25) is 10.0 Å². The molecular weight excluding hydrogens is 311 g/mol. The predicted octanol–water partition coefficient (Wildman–Crippen LogP) is 1.99. The Labute approximate surface area is 122 Å². The minimum absolute atomic E-state index is 0.0230. The highest BCUT2D eigenvalue weighted by Crippen LogP contribution is 2.34. The van der Waals surface area contributed by atoms with Crippen molar-refractivity contribution in [3.8, 4) is 0 Å². The fourth-order valence-electron chi connectivity index (χ4n) is 1.89. The summed E-state index contributed by atoms with van der Waals surface area (Å²) in [5, 5.41) is 0.200. The van der Waals surface area contributed by atoms with E-state index in [1.165, 1.54) is 16.4 Å². The Kier molecular flexibility index (Phi) is 4.27. The second-order valence-electron chi connectivity index (χ2n) is 4.32. The van der Waals surface area contributed by atoms with Crippen molar-refractivity contribution < 1.29 is 13.2 Å². The summed E-state index contributed by atoms with van der Waals surface area (Å²) in [6.07, 6.45) is -0.146. The van der Waals surface area contributed by atoms with Crippen LogP contribution in [0.5, 0.6) is 0 Å². The summed E-state index contributed by atoms with van der Waals surface area (Å²) < 4.78 is 31.7. The first-order chi connectivity index (χ1) is 8.84. The average molecular weight is 325 g/mol. The highest BCUT2D eigenvalue weighted by molar-refractivity contribution is 7.89. The Morgan fingerprint density at radius 3 is 2.74 bits per heavy atom. The van der Waals surface area contributed by atoms with E-state index in [0.29, 0.717) is 19.7 Å². The third kappa shape index (κ3) is 2.83. The molecule has 1 aromatic rings. The number of morpholine rings is 1. The molecule has 1 aliphatic rings. The molecule has 1 atom stereocenters. The Bertz CT molecular complexity index is 592. The molecule has 0 aromatic heterocycles. The van der Waals surface area contributed by atoms with E-state index in [1.807, 2.05) is 6.92 Å². The predicted molar refractivity (Wildman–Crippen MR) is 75.0 cm³/mol. The highest BCUT2D eigenvalue weighted by Gasteiger charge is 2.31. The number of benzene rings is 1. The minimum Gasteiger partial charge on any atom is -0.396 e. The number of nitrogen functional groups attached to an aromatic ring is 1. The van der Waals surface area contributed by atoms with Gasteiger partial charge in [0.15, 0.2) is 0 Å². The third-order valence-electron chi connectivity index (χ3n) is 2.91. The zero-order valence-corrected chi connectivity index (χ0v) is 12.6. The summed E-state index contributed by atoms with van der Waals surface area (Å²) in [5.74, 6) is 0. The fourth-order valence-corrected chi connectivity index (χ4v) is 4.13. The van der Waals surface area contributed by atoms with Crippen LogP contribution in [-0.2, 0) is 14.8 Å². The Morgan fingerprint density at radius 1 is 1.42 bits per heavy atom. The zero-order chi connectivity index (χ0) is 14.2. The van der Waals surface area contributed by atoms with E-state index >= 15 is 0 Å². The summed E-state index contributed by atoms with van der Waals surface area (Å²) in [6.45, 7) is 2.77. The second kappa shape index (κ2) is 5.46. The molecule has 1 fully saturated rings. The first-order valence-electron chi connectivity index (χ1n) is 5.69. The van der Waals surface area contributed by atoms with Crippen LogP contribution < -0.4 is 5.73 Å². The zero-order valence-electron chi connectivity index (χ0n) is 10.3. The number of hydrogen-bond acceptors (Lipinski definition) is 4. The lowest BCUT2D eigenvalue weighted by molar-refractivity contribution is 0.0102. The molecule has 2 rings (SSSR count). The van der Waals surface area contributed by atoms with Crippen LogP contribution in [0.2, 0.25) is 10.0 Å². The van der Waals surface area contributed by atoms with E-state index in [1.54, 1.807) is 0 Å². The van der Waals surface area contributed by atoms with Crippen molar-refractivity contribution in [3.05, 3.63) is 22.2 Å². The minimum atomic E-state index is -3.68. The van der Waals surface area contributed by atoms with E-state index in [4.69, 9.17) is 33.7 Å². The van der Waals surface area contributed by atoms with Crippen LogP contribution in [0.1, 0.15) is 6.92 Å². The lowest BCUT2D eigenvalue weighted by atomic mass is 10.3. The summed E-state index contributed by atoms with van der Waals surface area (Å²) in [5.41, 5.74) is 5.74. The van der Waals surface area contributed by atoms with Crippen molar-refractivity contribution in [2.45, 2.75) is 17.9 Å². The molecule has 1 aliphatic heterocycles. The molecule has 0 amide bonds. The lowest BCUT2D eigenvalue weighted by Crippen LogP contribution is -2.44. The number of anilines is 1. The van der Waals surface area contributed by atoms with E-state index in [-0.39, 0.29) is 26.7 Å². The summed E-state index contributed by atoms with van der Waals surface area (Å²) in [4.78, 5) is -0.0230. The molecule has 19 heavy (non-hydrogen) atoms. The molecule has 1 heterocycles. The fraction of sp³-hybridized carbons (Fsp3) is 0.455. The Balaban J connectivity index is 2.42. The van der Waals surface area contributed by atoms with Gasteiger partial charge < -0.3 is 10.5 Å². The van der Waals surface area contributed by atoms with Crippen molar-refractivity contribution in [1.29, 1.82) is 0 Å². The third-order valence-corrected chi connectivity index (χ3v) is 5.67. The SMILES string of the molecule is CC1CN(S(=O)(=O)c2ccc(Cl)c(N)c2Cl)CCO1. The molecule has 1 saturated heterocycles. The number of nitrogens with two attached hydrogens (primary N) is 1. The van der Waals surface area contributed by atoms with Gasteiger partial charge in [-0.1, -0.05) is 23.2 Å². The summed E-state index contributed by atoms with van der Waals surface area (Å²) >= 11 is 11.8. The highest BCUT2D eigenvalue weighted by atomic mass is 35.5. The smallest absolute Gasteiger partial charge is 0.244 e. The van der Waals surface area contributed by atoms with Gasteiger partial charge in [0.1, 0.15) is 4.90 Å². The molecule has 1 aromatic carbocycles. The van der Waals surface area contributed by atoms with Crippen LogP contribution in [0, 0.1) is 0 Å². The van der Waals surface area contributed by atoms with Gasteiger partial charge in [0.05, 0.1) is 28.4 Å². The van der Waals surface area contributed by atoms with Crippen molar-refractivity contribution >= 4 is 38.9 Å². The first-order valence-corrected chi connectivity index (χ1v) is 7.89. The molecular formula is C11H14Cl2N2O3S. The molecule has 0 bridgehead atoms. The topological polar surface area (TPSA) is 72.6 Å². The van der Waals surface area contributed by atoms with Crippen molar-refractivity contribution in [3.63, 3.8) is 0 Å². The Hall–Kier alpha value is -0.530. The number of ether oxygens (including phenoxy) is 1. The van der Waals surface area contributed by atoms with Gasteiger partial charge in [-0.25, -0.2) is 8.42 Å². The molecule has 1 unspecified atom stereocenters. The maximum absolute atomic E-state index is 12.5. The molecule has 2 N–H and O–H groups in total. The van der Waals surface area contributed by atoms with Gasteiger partial charge in [-0.2, -0.15) is 4.31 Å². The maximum Gasteiger partial charge on any atom is 0.244 e. The van der Waals surface area contributed by atoms with Gasteiger partial charge in [0, 0.05) is 13.1 Å². The summed E-state index contributed by atoms with van der Waals surface area (Å²) in [7, 11) is -3.68. The molecule has 8 heteroatoms. The van der Waals surface area contributed by atoms with Crippen molar-refractivity contribution in [2.24, 2.45) is 0 Å². The molecule has 0 radical (unpaired) electrons. The number of nitrogens with zero attached hydrogens (tertiary/aromatic N) is 1. The number of rotatable bonds is 2. The standard InChI is InChI=1S/C11H14Cl2N2O3S/c1-7-6-15(4-5-18-7)19(16,17)9-3-2-8(12)11(14)10(9)13/h2-3,7H,4-6,14H2,1H3. The number of halogens is 2. The Morgan fingerprint density at radius 2 is 2.11 bits per heavy atom. The van der Waals surface area contributed by atoms with Crippen LogP contribution in [0.3, 0.4) is 0 Å². The maximum atomic E-state index is 12.5. The van der Waals surface area contributed by atoms with Gasteiger partial charge in [-0.05, 0) is 19.1 Å². The van der Waals surface area contributed by atoms with Crippen LogP contribution in [-0.4, -0.2) is 38.5 Å². The average Bonchev–Trinajstić information content (AvgIpc) is 2.36. The quantitative estimate of drug-likeness (QED) is 0.844. The second-order valence-corrected chi connectivity index (χ2v) is 7.01. The van der Waals surface area contributed by atoms with Crippen LogP contribution in [0.4, 0.5) is 5.69 Å². The lowest BCUT2D eigenvalue weighted by Gasteiger charge is -2.30. The normalized spacial score (nSPS) is 21.5. The van der Waals surface area contributed by atoms with Gasteiger partial charge in [0.25, 0.3) is 0 Å². The van der Waals surface area contributed by atoms with E-state index < -0.39 is 10.0 Å². The molecule has 0 aliphatic carbocycles. The molecule has 0 saturated carbocycles. The van der Waals surface area contributed by atoms with E-state index in [0.717, 1.165) is 0 Å². The van der Waals surface area contributed by atoms with E-state index in [9.17, 15) is 8.42 Å². The number of sulfonamides is 1. The van der Waals surface area contributed by atoms with E-state index in [2.05, 4.69) is 0 Å². The van der Waals surface area contributed by atoms with Gasteiger partial charge in [-0.3, -0.25) is 0 Å². The largest absolute Gasteiger partial charge is 0.396 e. The van der Waals surface area contributed by atoms with Crippen LogP contribution in [0.15, 0.2) is 17.0 Å². The van der Waals surface area contributed by atoms with Crippen LogP contribution >= 0.6 is 23.2 Å². The van der Waals surface area contributed by atoms with Crippen LogP contribution in [0.25, 0.3) is 0 Å². The molecule has 5 nitrogen and oxygen atoms in total. The molecule has 0 spiro atoms. The van der Waals surface area contributed by atoms with Crippen molar-refractivity contribution in [1.82, 2.24) is 4.31 Å². The number of hydrogen-bond donors (Lipinski definition) is 1. The summed E-state index contributed by atoms with van der Waals surface area (Å²) in [6, 6.07) is 2.80. The first kappa shape index (κ1) is 14.9. The van der Waals surface area contributed by atoms with Crippen molar-refractivity contribution in [2.75, 3.05) is 25.4 Å².